The Balaban J connectivity index is 1.19. The van der Waals surface area contributed by atoms with E-state index in [1.165, 1.54) is 16.3 Å². The molecule has 0 bridgehead atoms. The Morgan fingerprint density at radius 2 is 1.71 bits per heavy atom. The molecule has 0 radical (unpaired) electrons. The largest absolute Gasteiger partial charge is 0.450 e. The van der Waals surface area contributed by atoms with Crippen LogP contribution < -0.4 is 10.1 Å². The molecule has 0 saturated carbocycles. The molecule has 170 valence electrons. The molecule has 0 aliphatic carbocycles. The van der Waals surface area contributed by atoms with E-state index >= 15 is 0 Å². The first-order valence-electron chi connectivity index (χ1n) is 11.6. The predicted octanol–water partition coefficient (Wildman–Crippen LogP) is 4.72. The van der Waals surface area contributed by atoms with Gasteiger partial charge in [-0.3, -0.25) is 0 Å². The average Bonchev–Trinajstić information content (AvgIpc) is 2.91. The number of hydrogen-bond acceptors (Lipinski definition) is 5. The van der Waals surface area contributed by atoms with Gasteiger partial charge in [0.1, 0.15) is 0 Å². The number of aromatic nitrogens is 2. The van der Waals surface area contributed by atoms with Crippen LogP contribution in [0, 0.1) is 11.8 Å². The summed E-state index contributed by atoms with van der Waals surface area (Å²) in [5.41, 5.74) is 3.22. The first kappa shape index (κ1) is 22.1. The molecule has 1 aliphatic rings. The maximum atomic E-state index is 6.37. The minimum absolute atomic E-state index is 0.0623. The van der Waals surface area contributed by atoms with Crippen molar-refractivity contribution >= 4 is 10.8 Å². The second kappa shape index (κ2) is 10.9. The van der Waals surface area contributed by atoms with Crippen molar-refractivity contribution in [3.05, 3.63) is 102 Å². The lowest BCUT2D eigenvalue weighted by molar-refractivity contribution is 0.0105. The Kier molecular flexibility index (Phi) is 7.10. The van der Waals surface area contributed by atoms with E-state index in [9.17, 15) is 0 Å². The molecule has 0 spiro atoms. The van der Waals surface area contributed by atoms with E-state index in [1.54, 1.807) is 0 Å². The van der Waals surface area contributed by atoms with Crippen LogP contribution in [0.3, 0.4) is 0 Å². The standard InChI is InChI=1S/C29H27N3O2/c1-2-7-22(8-3-1)9-6-16-33-29-31-18-26(19-32-29)27-14-15-30-20-28(27)34-21-23-12-13-24-10-4-5-11-25(24)17-23/h1-5,7-8,10-13,17-19,27-28,30H,14-16,20-21H2. The van der Waals surface area contributed by atoms with Crippen LogP contribution in [0.2, 0.25) is 0 Å². The van der Waals surface area contributed by atoms with E-state index in [1.807, 2.05) is 42.7 Å². The fraction of sp³-hybridized carbons (Fsp3) is 0.241. The van der Waals surface area contributed by atoms with Crippen LogP contribution in [0.1, 0.15) is 29.0 Å². The van der Waals surface area contributed by atoms with Crippen molar-refractivity contribution in [1.82, 2.24) is 15.3 Å². The van der Waals surface area contributed by atoms with Gasteiger partial charge in [0, 0.05) is 30.4 Å². The monoisotopic (exact) mass is 449 g/mol. The van der Waals surface area contributed by atoms with Crippen LogP contribution in [0.5, 0.6) is 6.01 Å². The Labute approximate surface area is 200 Å². The lowest BCUT2D eigenvalue weighted by Gasteiger charge is -2.32. The summed E-state index contributed by atoms with van der Waals surface area (Å²) in [6.07, 6.45) is 4.76. The number of nitrogens with one attached hydrogen (secondary N) is 1. The van der Waals surface area contributed by atoms with Crippen molar-refractivity contribution in [2.75, 3.05) is 19.7 Å². The zero-order valence-corrected chi connectivity index (χ0v) is 19.0. The first-order valence-corrected chi connectivity index (χ1v) is 11.6. The highest BCUT2D eigenvalue weighted by molar-refractivity contribution is 5.82. The molecular weight excluding hydrogens is 422 g/mol. The van der Waals surface area contributed by atoms with Crippen molar-refractivity contribution in [1.29, 1.82) is 0 Å². The van der Waals surface area contributed by atoms with Crippen molar-refractivity contribution in [2.45, 2.75) is 25.0 Å². The minimum Gasteiger partial charge on any atom is -0.450 e. The molecule has 5 nitrogen and oxygen atoms in total. The number of nitrogens with zero attached hydrogens (tertiary/aromatic N) is 2. The zero-order valence-electron chi connectivity index (χ0n) is 19.0. The molecule has 1 aromatic heterocycles. The van der Waals surface area contributed by atoms with Crippen molar-refractivity contribution in [2.24, 2.45) is 0 Å². The molecule has 1 fully saturated rings. The van der Waals surface area contributed by atoms with Gasteiger partial charge in [-0.2, -0.15) is 0 Å². The van der Waals surface area contributed by atoms with Gasteiger partial charge >= 0.3 is 6.01 Å². The van der Waals surface area contributed by atoms with Gasteiger partial charge in [-0.25, -0.2) is 9.97 Å². The molecule has 34 heavy (non-hydrogen) atoms. The molecule has 5 rings (SSSR count). The van der Waals surface area contributed by atoms with Gasteiger partial charge in [0.2, 0.25) is 0 Å². The number of ether oxygens (including phenoxy) is 2. The molecule has 1 aliphatic heterocycles. The average molecular weight is 450 g/mol. The molecule has 2 unspecified atom stereocenters. The molecule has 1 saturated heterocycles. The number of rotatable bonds is 6. The molecule has 2 heterocycles. The second-order valence-electron chi connectivity index (χ2n) is 8.39. The number of piperidine rings is 1. The lowest BCUT2D eigenvalue weighted by Crippen LogP contribution is -2.41. The fourth-order valence-electron chi connectivity index (χ4n) is 4.27. The Morgan fingerprint density at radius 1 is 0.912 bits per heavy atom. The summed E-state index contributed by atoms with van der Waals surface area (Å²) in [6.45, 7) is 2.59. The number of fused-ring (bicyclic) bond motifs is 1. The van der Waals surface area contributed by atoms with Gasteiger partial charge in [0.05, 0.1) is 12.7 Å². The third kappa shape index (κ3) is 5.60. The molecule has 0 amide bonds. The topological polar surface area (TPSA) is 56.3 Å². The Hall–Kier alpha value is -3.72. The van der Waals surface area contributed by atoms with Crippen molar-refractivity contribution in [3.63, 3.8) is 0 Å². The molecule has 3 aromatic carbocycles. The highest BCUT2D eigenvalue weighted by Crippen LogP contribution is 2.28. The van der Waals surface area contributed by atoms with E-state index in [0.717, 1.165) is 30.6 Å². The summed E-state index contributed by atoms with van der Waals surface area (Å²) < 4.78 is 12.0. The quantitative estimate of drug-likeness (QED) is 0.432. The number of benzene rings is 3. The van der Waals surface area contributed by atoms with Crippen molar-refractivity contribution in [3.8, 4) is 17.9 Å². The minimum atomic E-state index is 0.0623. The maximum Gasteiger partial charge on any atom is 0.317 e. The normalized spacial score (nSPS) is 17.6. The van der Waals surface area contributed by atoms with Gasteiger partial charge in [0.25, 0.3) is 0 Å². The lowest BCUT2D eigenvalue weighted by atomic mass is 9.89. The van der Waals surface area contributed by atoms with Gasteiger partial charge in [-0.1, -0.05) is 66.4 Å². The maximum absolute atomic E-state index is 6.37. The first-order chi connectivity index (χ1) is 16.8. The van der Waals surface area contributed by atoms with Crippen LogP contribution >= 0.6 is 0 Å². The summed E-state index contributed by atoms with van der Waals surface area (Å²) >= 11 is 0. The third-order valence-corrected chi connectivity index (χ3v) is 6.06. The summed E-state index contributed by atoms with van der Waals surface area (Å²) in [5.74, 6) is 6.31. The second-order valence-corrected chi connectivity index (χ2v) is 8.39. The van der Waals surface area contributed by atoms with Crippen LogP contribution in [-0.2, 0) is 11.3 Å². The predicted molar refractivity (Wildman–Crippen MR) is 134 cm³/mol. The smallest absolute Gasteiger partial charge is 0.317 e. The van der Waals surface area contributed by atoms with E-state index in [2.05, 4.69) is 69.6 Å². The molecular formula is C29H27N3O2. The molecule has 4 aromatic rings. The van der Waals surface area contributed by atoms with Gasteiger partial charge < -0.3 is 14.8 Å². The summed E-state index contributed by atoms with van der Waals surface area (Å²) in [6, 6.07) is 25.1. The van der Waals surface area contributed by atoms with Crippen LogP contribution in [-0.4, -0.2) is 35.8 Å². The highest BCUT2D eigenvalue weighted by atomic mass is 16.5. The van der Waals surface area contributed by atoms with Gasteiger partial charge in [0.15, 0.2) is 6.61 Å². The Bertz CT molecular complexity index is 1280. The fourth-order valence-corrected chi connectivity index (χ4v) is 4.27. The summed E-state index contributed by atoms with van der Waals surface area (Å²) in [4.78, 5) is 8.82. The van der Waals surface area contributed by atoms with E-state index in [4.69, 9.17) is 9.47 Å². The third-order valence-electron chi connectivity index (χ3n) is 6.06. The highest BCUT2D eigenvalue weighted by Gasteiger charge is 2.28. The SMILES string of the molecule is C(#Cc1ccccc1)COc1ncc(C2CCNCC2OCc2ccc3ccccc3c2)cn1. The molecule has 1 N–H and O–H groups in total. The van der Waals surface area contributed by atoms with Crippen LogP contribution in [0.25, 0.3) is 10.8 Å². The zero-order chi connectivity index (χ0) is 23.0. The molecule has 2 atom stereocenters. The molecule has 5 heteroatoms. The van der Waals surface area contributed by atoms with Crippen LogP contribution in [0.15, 0.2) is 85.2 Å². The van der Waals surface area contributed by atoms with Crippen LogP contribution in [0.4, 0.5) is 0 Å². The number of hydrogen-bond donors (Lipinski definition) is 1. The van der Waals surface area contributed by atoms with Gasteiger partial charge in [-0.05, 0) is 53.1 Å². The van der Waals surface area contributed by atoms with Crippen molar-refractivity contribution < 1.29 is 9.47 Å². The summed E-state index contributed by atoms with van der Waals surface area (Å²) in [7, 11) is 0. The van der Waals surface area contributed by atoms with E-state index in [0.29, 0.717) is 12.6 Å². The van der Waals surface area contributed by atoms with Gasteiger partial charge in [-0.15, -0.1) is 0 Å². The van der Waals surface area contributed by atoms with E-state index < -0.39 is 0 Å². The Morgan fingerprint density at radius 3 is 2.56 bits per heavy atom. The van der Waals surface area contributed by atoms with E-state index in [-0.39, 0.29) is 18.6 Å². The summed E-state index contributed by atoms with van der Waals surface area (Å²) in [5, 5.41) is 5.93.